The summed E-state index contributed by atoms with van der Waals surface area (Å²) in [7, 11) is 3.90. The number of fused-ring (bicyclic) bond motifs is 2. The van der Waals surface area contributed by atoms with Crippen LogP contribution in [-0.4, -0.2) is 35.9 Å². The Kier molecular flexibility index (Phi) is 4.59. The number of phenols is 2. The van der Waals surface area contributed by atoms with E-state index in [1.165, 1.54) is 12.1 Å². The van der Waals surface area contributed by atoms with Gasteiger partial charge >= 0.3 is 0 Å². The number of hydrogen-bond donors (Lipinski definition) is 2. The second-order valence-corrected chi connectivity index (χ2v) is 7.45. The molecule has 0 aromatic heterocycles. The molecule has 146 valence electrons. The molecule has 0 unspecified atom stereocenters. The van der Waals surface area contributed by atoms with Gasteiger partial charge in [-0.2, -0.15) is 0 Å². The molecule has 0 heterocycles. The number of nitrogens with zero attached hydrogens (tertiary/aromatic N) is 1. The molecule has 5 nitrogen and oxygen atoms in total. The maximum absolute atomic E-state index is 13.4. The van der Waals surface area contributed by atoms with Crippen molar-refractivity contribution in [3.05, 3.63) is 88.5 Å². The van der Waals surface area contributed by atoms with Crippen molar-refractivity contribution in [2.75, 3.05) is 19.0 Å². The van der Waals surface area contributed by atoms with E-state index in [1.807, 2.05) is 43.3 Å². The van der Waals surface area contributed by atoms with Crippen LogP contribution in [0.4, 0.5) is 5.69 Å². The standard InChI is InChI=1S/C24H21NO4/c1-25(2)15-11-9-14(10-12-15)13-20(28)21-16-5-3-7-18(26)22(16)24(29)23-17(21)6-4-8-19(23)27/h3-12,21,26-27H,13H2,1-2H3. The van der Waals surface area contributed by atoms with E-state index in [1.54, 1.807) is 24.3 Å². The molecule has 0 saturated carbocycles. The lowest BCUT2D eigenvalue weighted by Gasteiger charge is -2.27. The van der Waals surface area contributed by atoms with E-state index in [0.717, 1.165) is 11.3 Å². The summed E-state index contributed by atoms with van der Waals surface area (Å²) in [6.45, 7) is 0. The Bertz CT molecular complexity index is 1060. The molecule has 1 aliphatic carbocycles. The molecule has 0 aliphatic heterocycles. The number of anilines is 1. The average molecular weight is 387 g/mol. The highest BCUT2D eigenvalue weighted by Crippen LogP contribution is 2.43. The van der Waals surface area contributed by atoms with Gasteiger partial charge in [0, 0.05) is 26.2 Å². The maximum atomic E-state index is 13.4. The first kappa shape index (κ1) is 18.7. The van der Waals surface area contributed by atoms with Crippen LogP contribution in [-0.2, 0) is 11.2 Å². The zero-order chi connectivity index (χ0) is 20.7. The lowest BCUT2D eigenvalue weighted by atomic mass is 9.74. The molecule has 0 atom stereocenters. The first-order chi connectivity index (χ1) is 13.9. The average Bonchev–Trinajstić information content (AvgIpc) is 2.68. The molecular weight excluding hydrogens is 366 g/mol. The molecule has 2 N–H and O–H groups in total. The van der Waals surface area contributed by atoms with E-state index in [-0.39, 0.29) is 34.8 Å². The third-order valence-electron chi connectivity index (χ3n) is 5.38. The molecule has 4 rings (SSSR count). The fourth-order valence-electron chi connectivity index (χ4n) is 3.95. The highest BCUT2D eigenvalue weighted by molar-refractivity contribution is 6.18. The monoisotopic (exact) mass is 387 g/mol. The van der Waals surface area contributed by atoms with Crippen molar-refractivity contribution in [2.45, 2.75) is 12.3 Å². The number of carbonyl (C=O) groups is 2. The van der Waals surface area contributed by atoms with E-state index in [9.17, 15) is 19.8 Å². The van der Waals surface area contributed by atoms with Crippen LogP contribution in [0.15, 0.2) is 60.7 Å². The van der Waals surface area contributed by atoms with Crippen molar-refractivity contribution in [3.63, 3.8) is 0 Å². The van der Waals surface area contributed by atoms with E-state index in [2.05, 4.69) is 0 Å². The van der Waals surface area contributed by atoms with Gasteiger partial charge in [0.05, 0.1) is 17.0 Å². The van der Waals surface area contributed by atoms with Gasteiger partial charge in [-0.25, -0.2) is 0 Å². The number of hydrogen-bond acceptors (Lipinski definition) is 5. The van der Waals surface area contributed by atoms with Gasteiger partial charge in [-0.1, -0.05) is 36.4 Å². The fraction of sp³-hybridized carbons (Fsp3) is 0.167. The number of rotatable bonds is 4. The summed E-state index contributed by atoms with van der Waals surface area (Å²) in [5, 5.41) is 20.6. The van der Waals surface area contributed by atoms with E-state index < -0.39 is 11.7 Å². The normalized spacial score (nSPS) is 13.0. The van der Waals surface area contributed by atoms with Gasteiger partial charge in [0.1, 0.15) is 17.3 Å². The highest BCUT2D eigenvalue weighted by atomic mass is 16.3. The molecule has 0 saturated heterocycles. The van der Waals surface area contributed by atoms with Crippen LogP contribution in [0.2, 0.25) is 0 Å². The summed E-state index contributed by atoms with van der Waals surface area (Å²) in [5.41, 5.74) is 3.02. The van der Waals surface area contributed by atoms with E-state index >= 15 is 0 Å². The van der Waals surface area contributed by atoms with Gasteiger partial charge in [-0.05, 0) is 41.0 Å². The van der Waals surface area contributed by atoms with Crippen LogP contribution in [0.1, 0.15) is 38.5 Å². The fourth-order valence-corrected chi connectivity index (χ4v) is 3.95. The second-order valence-electron chi connectivity index (χ2n) is 7.45. The van der Waals surface area contributed by atoms with Crippen molar-refractivity contribution < 1.29 is 19.8 Å². The molecule has 5 heteroatoms. The first-order valence-corrected chi connectivity index (χ1v) is 9.36. The van der Waals surface area contributed by atoms with Crippen molar-refractivity contribution in [1.82, 2.24) is 0 Å². The van der Waals surface area contributed by atoms with Crippen LogP contribution in [0, 0.1) is 0 Å². The molecule has 0 radical (unpaired) electrons. The predicted molar refractivity (Wildman–Crippen MR) is 111 cm³/mol. The van der Waals surface area contributed by atoms with Crippen molar-refractivity contribution in [3.8, 4) is 11.5 Å². The predicted octanol–water partition coefficient (Wildman–Crippen LogP) is 3.65. The Morgan fingerprint density at radius 3 is 1.86 bits per heavy atom. The summed E-state index contributed by atoms with van der Waals surface area (Å²) in [6.07, 6.45) is 0.177. The Balaban J connectivity index is 1.78. The van der Waals surface area contributed by atoms with Gasteiger partial charge in [0.2, 0.25) is 5.78 Å². The summed E-state index contributed by atoms with van der Waals surface area (Å²) < 4.78 is 0. The van der Waals surface area contributed by atoms with E-state index in [4.69, 9.17) is 0 Å². The number of phenolic OH excluding ortho intramolecular Hbond substituents is 2. The first-order valence-electron chi connectivity index (χ1n) is 9.36. The highest BCUT2D eigenvalue weighted by Gasteiger charge is 2.38. The molecule has 3 aromatic carbocycles. The molecule has 0 spiro atoms. The molecule has 1 aliphatic rings. The Labute approximate surface area is 168 Å². The van der Waals surface area contributed by atoms with Crippen molar-refractivity contribution in [2.24, 2.45) is 0 Å². The minimum atomic E-state index is -0.731. The Hall–Kier alpha value is -3.60. The number of Topliss-reactive ketones (excluding diaryl/α,β-unsaturated/α-hetero) is 1. The van der Waals surface area contributed by atoms with Crippen LogP contribution >= 0.6 is 0 Å². The smallest absolute Gasteiger partial charge is 0.201 e. The van der Waals surface area contributed by atoms with Crippen LogP contribution < -0.4 is 4.90 Å². The quantitative estimate of drug-likeness (QED) is 0.715. The van der Waals surface area contributed by atoms with Crippen LogP contribution in [0.25, 0.3) is 0 Å². The van der Waals surface area contributed by atoms with Crippen molar-refractivity contribution in [1.29, 1.82) is 0 Å². The van der Waals surface area contributed by atoms with Crippen LogP contribution in [0.3, 0.4) is 0 Å². The van der Waals surface area contributed by atoms with Crippen molar-refractivity contribution >= 4 is 17.3 Å². The van der Waals surface area contributed by atoms with Gasteiger partial charge in [-0.15, -0.1) is 0 Å². The van der Waals surface area contributed by atoms with Gasteiger partial charge in [0.25, 0.3) is 0 Å². The SMILES string of the molecule is CN(C)c1ccc(CC(=O)C2c3cccc(O)c3C(=O)c3c(O)cccc32)cc1. The lowest BCUT2D eigenvalue weighted by molar-refractivity contribution is -0.119. The Morgan fingerprint density at radius 1 is 0.862 bits per heavy atom. The topological polar surface area (TPSA) is 77.8 Å². The number of carbonyl (C=O) groups excluding carboxylic acids is 2. The second kappa shape index (κ2) is 7.09. The van der Waals surface area contributed by atoms with Gasteiger partial charge in [-0.3, -0.25) is 9.59 Å². The maximum Gasteiger partial charge on any atom is 0.201 e. The minimum absolute atomic E-state index is 0.0859. The minimum Gasteiger partial charge on any atom is -0.507 e. The molecule has 0 fully saturated rings. The zero-order valence-corrected chi connectivity index (χ0v) is 16.2. The summed E-state index contributed by atoms with van der Waals surface area (Å²) in [4.78, 5) is 28.3. The Morgan fingerprint density at radius 2 is 1.38 bits per heavy atom. The summed E-state index contributed by atoms with van der Waals surface area (Å²) in [6, 6.07) is 17.2. The number of aromatic hydroxyl groups is 2. The van der Waals surface area contributed by atoms with Gasteiger partial charge in [0.15, 0.2) is 0 Å². The molecule has 29 heavy (non-hydrogen) atoms. The summed E-state index contributed by atoms with van der Waals surface area (Å²) in [5.74, 6) is -1.67. The molecule has 0 amide bonds. The zero-order valence-electron chi connectivity index (χ0n) is 16.2. The number of ketones is 2. The molecule has 0 bridgehead atoms. The third-order valence-corrected chi connectivity index (χ3v) is 5.38. The molecule has 3 aromatic rings. The summed E-state index contributed by atoms with van der Waals surface area (Å²) >= 11 is 0. The van der Waals surface area contributed by atoms with E-state index in [0.29, 0.717) is 11.1 Å². The lowest BCUT2D eigenvalue weighted by Crippen LogP contribution is -2.26. The van der Waals surface area contributed by atoms with Crippen LogP contribution in [0.5, 0.6) is 11.5 Å². The van der Waals surface area contributed by atoms with Gasteiger partial charge < -0.3 is 15.1 Å². The third kappa shape index (κ3) is 3.14. The number of benzene rings is 3. The molecular formula is C24H21NO4. The largest absolute Gasteiger partial charge is 0.507 e.